The number of carbonyl (C=O) groups is 2. The molecule has 0 saturated carbocycles. The lowest BCUT2D eigenvalue weighted by Crippen LogP contribution is -2.15. The molecule has 7 heteroatoms. The van der Waals surface area contributed by atoms with E-state index in [0.717, 1.165) is 6.07 Å². The number of nitrogens with zero attached hydrogens (tertiary/aromatic N) is 1. The third-order valence-corrected chi connectivity index (χ3v) is 5.37. The van der Waals surface area contributed by atoms with E-state index >= 15 is 0 Å². The zero-order valence-corrected chi connectivity index (χ0v) is 17.4. The minimum absolute atomic E-state index is 0.190. The van der Waals surface area contributed by atoms with E-state index in [0.29, 0.717) is 33.4 Å². The van der Waals surface area contributed by atoms with Crippen LogP contribution in [0.1, 0.15) is 32.1 Å². The number of aromatic hydroxyl groups is 2. The summed E-state index contributed by atoms with van der Waals surface area (Å²) in [7, 11) is 0. The van der Waals surface area contributed by atoms with E-state index in [4.69, 9.17) is 4.74 Å². The number of aryl methyl sites for hydroxylation is 1. The van der Waals surface area contributed by atoms with Crippen LogP contribution in [0.5, 0.6) is 11.5 Å². The van der Waals surface area contributed by atoms with Crippen LogP contribution in [-0.4, -0.2) is 33.1 Å². The van der Waals surface area contributed by atoms with Crippen LogP contribution in [0, 0.1) is 19.7 Å². The third kappa shape index (κ3) is 3.58. The third-order valence-electron chi connectivity index (χ3n) is 5.37. The van der Waals surface area contributed by atoms with Gasteiger partial charge >= 0.3 is 5.97 Å². The number of rotatable bonds is 5. The first-order valence-electron chi connectivity index (χ1n) is 9.87. The molecule has 3 aromatic carbocycles. The number of phenols is 2. The summed E-state index contributed by atoms with van der Waals surface area (Å²) in [5.41, 5.74) is 1.53. The maximum Gasteiger partial charge on any atom is 0.342 e. The van der Waals surface area contributed by atoms with Crippen molar-refractivity contribution >= 4 is 22.5 Å². The van der Waals surface area contributed by atoms with Crippen molar-refractivity contribution in [2.24, 2.45) is 0 Å². The van der Waals surface area contributed by atoms with Gasteiger partial charge in [-0.15, -0.1) is 0 Å². The zero-order valence-electron chi connectivity index (χ0n) is 17.4. The molecule has 0 amide bonds. The number of aromatic nitrogens is 1. The standard InChI is InChI=1S/C25H20FNO5/c1-14-11-18(15(2)27(14)21-10-6-5-9-20(21)26)23(29)13-32-25(31)19-12-22(28)16-7-3-4-8-17(16)24(19)30/h3-12,28,30H,13H2,1-2H3. The van der Waals surface area contributed by atoms with Crippen LogP contribution >= 0.6 is 0 Å². The van der Waals surface area contributed by atoms with Crippen molar-refractivity contribution in [3.8, 4) is 17.2 Å². The number of phenolic OH excluding ortho intramolecular Hbond substituents is 2. The zero-order chi connectivity index (χ0) is 23.0. The second kappa shape index (κ2) is 8.19. The summed E-state index contributed by atoms with van der Waals surface area (Å²) in [4.78, 5) is 25.3. The molecule has 4 aromatic rings. The Labute approximate surface area is 183 Å². The number of Topliss-reactive ketones (excluding diaryl/α,β-unsaturated/α-hetero) is 1. The molecule has 0 spiro atoms. The first kappa shape index (κ1) is 21.1. The van der Waals surface area contributed by atoms with E-state index in [9.17, 15) is 24.2 Å². The van der Waals surface area contributed by atoms with Crippen molar-refractivity contribution in [2.75, 3.05) is 6.61 Å². The Bertz CT molecular complexity index is 1370. The van der Waals surface area contributed by atoms with Crippen molar-refractivity contribution < 1.29 is 28.9 Å². The molecule has 0 radical (unpaired) electrons. The van der Waals surface area contributed by atoms with Gasteiger partial charge in [0.2, 0.25) is 5.78 Å². The number of esters is 1. The summed E-state index contributed by atoms with van der Waals surface area (Å²) >= 11 is 0. The van der Waals surface area contributed by atoms with Crippen LogP contribution in [0.3, 0.4) is 0 Å². The Kier molecular flexibility index (Phi) is 5.40. The normalized spacial score (nSPS) is 11.0. The van der Waals surface area contributed by atoms with Gasteiger partial charge in [0.15, 0.2) is 6.61 Å². The van der Waals surface area contributed by atoms with Crippen LogP contribution in [0.15, 0.2) is 60.7 Å². The number of ketones is 1. The number of hydrogen-bond acceptors (Lipinski definition) is 5. The van der Waals surface area contributed by atoms with Gasteiger partial charge < -0.3 is 19.5 Å². The van der Waals surface area contributed by atoms with Crippen LogP contribution in [0.2, 0.25) is 0 Å². The van der Waals surface area contributed by atoms with Gasteiger partial charge in [-0.1, -0.05) is 36.4 Å². The molecular formula is C25H20FNO5. The molecule has 0 atom stereocenters. The molecular weight excluding hydrogens is 413 g/mol. The fourth-order valence-electron chi connectivity index (χ4n) is 3.83. The molecule has 0 aliphatic heterocycles. The maximum atomic E-state index is 14.2. The molecule has 4 rings (SSSR count). The number of fused-ring (bicyclic) bond motifs is 1. The summed E-state index contributed by atoms with van der Waals surface area (Å²) in [6.45, 7) is 2.85. The van der Waals surface area contributed by atoms with E-state index in [1.165, 1.54) is 6.07 Å². The number of ether oxygens (including phenoxy) is 1. The molecule has 0 aliphatic carbocycles. The summed E-state index contributed by atoms with van der Waals surface area (Å²) < 4.78 is 21.0. The fraction of sp³-hybridized carbons (Fsp3) is 0.120. The van der Waals surface area contributed by atoms with Crippen LogP contribution < -0.4 is 0 Å². The predicted molar refractivity (Wildman–Crippen MR) is 117 cm³/mol. The summed E-state index contributed by atoms with van der Waals surface area (Å²) in [5, 5.41) is 21.3. The monoisotopic (exact) mass is 433 g/mol. The average Bonchev–Trinajstić information content (AvgIpc) is 3.08. The smallest absolute Gasteiger partial charge is 0.342 e. The van der Waals surface area contributed by atoms with Crippen molar-refractivity contribution in [2.45, 2.75) is 13.8 Å². The van der Waals surface area contributed by atoms with Gasteiger partial charge in [0.1, 0.15) is 22.9 Å². The Morgan fingerprint density at radius 2 is 1.59 bits per heavy atom. The van der Waals surface area contributed by atoms with Gasteiger partial charge in [0.25, 0.3) is 0 Å². The summed E-state index contributed by atoms with van der Waals surface area (Å²) in [6.07, 6.45) is 0. The summed E-state index contributed by atoms with van der Waals surface area (Å²) in [5.74, 6) is -2.37. The highest BCUT2D eigenvalue weighted by atomic mass is 19.1. The Morgan fingerprint density at radius 3 is 2.31 bits per heavy atom. The van der Waals surface area contributed by atoms with Gasteiger partial charge in [0.05, 0.1) is 5.69 Å². The molecule has 32 heavy (non-hydrogen) atoms. The van der Waals surface area contributed by atoms with Crippen LogP contribution in [0.25, 0.3) is 16.5 Å². The number of halogens is 1. The van der Waals surface area contributed by atoms with E-state index in [1.807, 2.05) is 0 Å². The average molecular weight is 433 g/mol. The predicted octanol–water partition coefficient (Wildman–Crippen LogP) is 4.84. The highest BCUT2D eigenvalue weighted by Crippen LogP contribution is 2.35. The topological polar surface area (TPSA) is 88.8 Å². The van der Waals surface area contributed by atoms with Gasteiger partial charge in [-0.25, -0.2) is 9.18 Å². The minimum Gasteiger partial charge on any atom is -0.507 e. The first-order chi connectivity index (χ1) is 15.3. The number of benzene rings is 3. The Morgan fingerprint density at radius 1 is 0.938 bits per heavy atom. The molecule has 0 unspecified atom stereocenters. The first-order valence-corrected chi connectivity index (χ1v) is 9.87. The fourth-order valence-corrected chi connectivity index (χ4v) is 3.83. The molecule has 0 saturated heterocycles. The van der Waals surface area contributed by atoms with Crippen molar-refractivity contribution in [1.82, 2.24) is 4.57 Å². The van der Waals surface area contributed by atoms with Crippen molar-refractivity contribution in [3.05, 3.63) is 89.0 Å². The van der Waals surface area contributed by atoms with Crippen molar-refractivity contribution in [3.63, 3.8) is 0 Å². The Balaban J connectivity index is 1.57. The van der Waals surface area contributed by atoms with E-state index < -0.39 is 24.2 Å². The number of hydrogen-bond donors (Lipinski definition) is 2. The van der Waals surface area contributed by atoms with Gasteiger partial charge in [-0.2, -0.15) is 0 Å². The SMILES string of the molecule is Cc1cc(C(=O)COC(=O)c2cc(O)c3ccccc3c2O)c(C)n1-c1ccccc1F. The molecule has 6 nitrogen and oxygen atoms in total. The molecule has 1 heterocycles. The van der Waals surface area contributed by atoms with Gasteiger partial charge in [-0.05, 0) is 38.1 Å². The molecule has 162 valence electrons. The molecule has 0 aliphatic rings. The molecule has 0 fully saturated rings. The lowest BCUT2D eigenvalue weighted by molar-refractivity contribution is 0.0471. The van der Waals surface area contributed by atoms with Crippen LogP contribution in [-0.2, 0) is 4.74 Å². The van der Waals surface area contributed by atoms with Crippen LogP contribution in [0.4, 0.5) is 4.39 Å². The van der Waals surface area contributed by atoms with Gasteiger partial charge in [0, 0.05) is 27.7 Å². The summed E-state index contributed by atoms with van der Waals surface area (Å²) in [6, 6.07) is 15.5. The second-order valence-electron chi connectivity index (χ2n) is 7.41. The lowest BCUT2D eigenvalue weighted by Gasteiger charge is -2.11. The molecule has 0 bridgehead atoms. The quantitative estimate of drug-likeness (QED) is 0.267. The second-order valence-corrected chi connectivity index (χ2v) is 7.41. The number of para-hydroxylation sites is 1. The number of carbonyl (C=O) groups excluding carboxylic acids is 2. The van der Waals surface area contributed by atoms with E-state index in [2.05, 4.69) is 0 Å². The lowest BCUT2D eigenvalue weighted by atomic mass is 10.0. The largest absolute Gasteiger partial charge is 0.507 e. The highest BCUT2D eigenvalue weighted by molar-refractivity contribution is 6.05. The van der Waals surface area contributed by atoms with E-state index in [-0.39, 0.29) is 17.1 Å². The molecule has 1 aromatic heterocycles. The van der Waals surface area contributed by atoms with E-state index in [1.54, 1.807) is 66.9 Å². The van der Waals surface area contributed by atoms with Gasteiger partial charge in [-0.3, -0.25) is 4.79 Å². The van der Waals surface area contributed by atoms with Crippen molar-refractivity contribution in [1.29, 1.82) is 0 Å². The molecule has 2 N–H and O–H groups in total. The maximum absolute atomic E-state index is 14.2. The Hall–Kier alpha value is -4.13. The minimum atomic E-state index is -0.945. The highest BCUT2D eigenvalue weighted by Gasteiger charge is 2.22.